The first-order valence-electron chi connectivity index (χ1n) is 3.91. The monoisotopic (exact) mass is 267 g/mol. The molecule has 1 aromatic heterocycles. The zero-order chi connectivity index (χ0) is 11.7. The van der Waals surface area contributed by atoms with Gasteiger partial charge in [-0.05, 0) is 11.6 Å². The first-order chi connectivity index (χ1) is 6.70. The molecule has 1 aromatic rings. The van der Waals surface area contributed by atoms with Crippen molar-refractivity contribution in [2.45, 2.75) is 12.5 Å². The number of hydrogen-bond acceptors (Lipinski definition) is 1. The fourth-order valence-electron chi connectivity index (χ4n) is 1.12. The Balaban J connectivity index is 0.00000225. The molecular weight excluding hydrogens is 262 g/mol. The maximum Gasteiger partial charge on any atom is 1.00 e. The van der Waals surface area contributed by atoms with Crippen molar-refractivity contribution in [3.63, 3.8) is 0 Å². The van der Waals surface area contributed by atoms with Crippen LogP contribution in [0, 0.1) is 0 Å². The molecule has 0 bridgehead atoms. The van der Waals surface area contributed by atoms with E-state index in [-0.39, 0.29) is 51.4 Å². The maximum atomic E-state index is 12.2. The van der Waals surface area contributed by atoms with Gasteiger partial charge in [0, 0.05) is 12.4 Å². The minimum absolute atomic E-state index is 0. The molecule has 9 heteroatoms. The Morgan fingerprint density at radius 2 is 1.75 bits per heavy atom. The van der Waals surface area contributed by atoms with Gasteiger partial charge in [0.05, 0.1) is 5.56 Å². The first-order valence-corrected chi connectivity index (χ1v) is 3.91. The summed E-state index contributed by atoms with van der Waals surface area (Å²) >= 11 is 0. The van der Waals surface area contributed by atoms with Gasteiger partial charge in [0.15, 0.2) is 0 Å². The maximum absolute atomic E-state index is 12.2. The van der Waals surface area contributed by atoms with E-state index in [0.29, 0.717) is 12.3 Å². The quantitative estimate of drug-likeness (QED) is 0.544. The van der Waals surface area contributed by atoms with Crippen LogP contribution in [0.3, 0.4) is 0 Å². The summed E-state index contributed by atoms with van der Waals surface area (Å²) in [7, 11) is 0. The Kier molecular flexibility index (Phi) is 6.01. The second kappa shape index (κ2) is 5.85. The van der Waals surface area contributed by atoms with E-state index in [1.54, 1.807) is 0 Å². The predicted molar refractivity (Wildman–Crippen MR) is 42.0 cm³/mol. The van der Waals surface area contributed by atoms with E-state index < -0.39 is 30.6 Å². The van der Waals surface area contributed by atoms with Gasteiger partial charge >= 0.3 is 64.5 Å². The van der Waals surface area contributed by atoms with Crippen LogP contribution >= 0.6 is 0 Å². The van der Waals surface area contributed by atoms with Crippen molar-refractivity contribution < 1.29 is 77.5 Å². The topological polar surface area (TPSA) is 12.9 Å². The summed E-state index contributed by atoms with van der Waals surface area (Å²) in [5.74, 6) is 0. The molecule has 0 saturated carbocycles. The third-order valence-electron chi connectivity index (χ3n) is 1.66. The van der Waals surface area contributed by atoms with Gasteiger partial charge in [-0.25, -0.2) is 0 Å². The second-order valence-electron chi connectivity index (χ2n) is 2.95. The number of nitrogens with zero attached hydrogens (tertiary/aromatic N) is 1. The Hall–Kier alpha value is 0.431. The number of pyridine rings is 1. The van der Waals surface area contributed by atoms with Crippen LogP contribution < -0.4 is 51.4 Å². The zero-order valence-electron chi connectivity index (χ0n) is 8.23. The molecule has 0 aliphatic carbocycles. The third kappa shape index (κ3) is 5.17. The second-order valence-corrected chi connectivity index (χ2v) is 2.95. The van der Waals surface area contributed by atoms with Gasteiger partial charge in [0.2, 0.25) is 0 Å². The smallest absolute Gasteiger partial charge is 0.449 e. The van der Waals surface area contributed by atoms with Crippen molar-refractivity contribution in [1.29, 1.82) is 0 Å². The van der Waals surface area contributed by atoms with Crippen LogP contribution in [0.1, 0.15) is 11.1 Å². The molecule has 0 atom stereocenters. The van der Waals surface area contributed by atoms with Crippen molar-refractivity contribution in [2.75, 3.05) is 0 Å². The summed E-state index contributed by atoms with van der Waals surface area (Å²) in [4.78, 5) is 3.25. The van der Waals surface area contributed by atoms with Crippen LogP contribution in [0.2, 0.25) is 0 Å². The fraction of sp³-hybridized carbons (Fsp3) is 0.286. The Bertz CT molecular complexity index is 349. The van der Waals surface area contributed by atoms with Crippen molar-refractivity contribution in [1.82, 2.24) is 4.98 Å². The van der Waals surface area contributed by atoms with E-state index in [2.05, 4.69) is 4.98 Å². The molecule has 1 rings (SSSR count). The number of halogens is 6. The average Bonchev–Trinajstić information content (AvgIpc) is 1.99. The normalized spacial score (nSPS) is 12.1. The molecule has 1 heterocycles. The summed E-state index contributed by atoms with van der Waals surface area (Å²) in [5.41, 5.74) is -2.12. The molecule has 0 amide bonds. The van der Waals surface area contributed by atoms with Crippen LogP contribution in [-0.2, 0) is 12.5 Å². The van der Waals surface area contributed by atoms with Gasteiger partial charge in [0.25, 0.3) is 0 Å². The van der Waals surface area contributed by atoms with E-state index in [0.717, 1.165) is 6.20 Å². The third-order valence-corrected chi connectivity index (χ3v) is 1.66. The summed E-state index contributed by atoms with van der Waals surface area (Å²) < 4.78 is 72.6. The molecule has 0 fully saturated rings. The molecule has 0 aliphatic rings. The van der Waals surface area contributed by atoms with Gasteiger partial charge < -0.3 is 12.9 Å². The van der Waals surface area contributed by atoms with Crippen LogP contribution in [0.5, 0.6) is 0 Å². The number of rotatable bonds is 2. The van der Waals surface area contributed by atoms with Crippen molar-refractivity contribution in [3.8, 4) is 0 Å². The molecule has 0 aromatic carbocycles. The zero-order valence-corrected chi connectivity index (χ0v) is 11.4. The summed E-state index contributed by atoms with van der Waals surface area (Å²) in [6, 6.07) is 0.539. The Morgan fingerprint density at radius 3 is 2.19 bits per heavy atom. The molecule has 0 unspecified atom stereocenters. The molecule has 0 N–H and O–H groups in total. The largest absolute Gasteiger partial charge is 1.00 e. The number of alkyl halides is 3. The van der Waals surface area contributed by atoms with Gasteiger partial charge in [-0.2, -0.15) is 13.2 Å². The molecule has 0 radical (unpaired) electrons. The van der Waals surface area contributed by atoms with Gasteiger partial charge in [-0.15, -0.1) is 0 Å². The fourth-order valence-corrected chi connectivity index (χ4v) is 1.12. The summed E-state index contributed by atoms with van der Waals surface area (Å²) in [6.45, 7) is -5.29. The molecule has 0 aliphatic heterocycles. The van der Waals surface area contributed by atoms with E-state index in [1.807, 2.05) is 0 Å². The molecule has 0 spiro atoms. The molecule has 1 nitrogen and oxygen atoms in total. The molecule has 0 saturated heterocycles. The van der Waals surface area contributed by atoms with Crippen molar-refractivity contribution in [3.05, 3.63) is 29.6 Å². The van der Waals surface area contributed by atoms with E-state index in [1.165, 1.54) is 0 Å². The Morgan fingerprint density at radius 1 is 1.19 bits per heavy atom. The first kappa shape index (κ1) is 16.4. The average molecular weight is 267 g/mol. The standard InChI is InChI=1S/C7H5BF6N.K/c9-7(10,11)6-1-2-15-4-5(6)3-8(12,13)14;/h1-2,4H,3H2;/q-1;+1. The van der Waals surface area contributed by atoms with Crippen LogP contribution in [0.15, 0.2) is 18.5 Å². The van der Waals surface area contributed by atoms with Crippen LogP contribution in [0.4, 0.5) is 26.1 Å². The number of aromatic nitrogens is 1. The minimum atomic E-state index is -5.29. The van der Waals surface area contributed by atoms with Gasteiger partial charge in [-0.1, -0.05) is 6.32 Å². The summed E-state index contributed by atoms with van der Waals surface area (Å²) in [5, 5.41) is 0. The Labute approximate surface area is 130 Å². The molecule has 16 heavy (non-hydrogen) atoms. The predicted octanol–water partition coefficient (Wildman–Crippen LogP) is 0.0335. The van der Waals surface area contributed by atoms with E-state index in [9.17, 15) is 26.1 Å². The van der Waals surface area contributed by atoms with Crippen molar-refractivity contribution >= 4 is 6.98 Å². The SMILES string of the molecule is F[B-](F)(F)Cc1cnccc1C(F)(F)F.[K+]. The van der Waals surface area contributed by atoms with Gasteiger partial charge in [-0.3, -0.25) is 4.98 Å². The van der Waals surface area contributed by atoms with Crippen LogP contribution in [-0.4, -0.2) is 12.0 Å². The molecule has 84 valence electrons. The van der Waals surface area contributed by atoms with E-state index in [4.69, 9.17) is 0 Å². The summed E-state index contributed by atoms with van der Waals surface area (Å²) in [6.07, 6.45) is -4.93. The number of hydrogen-bond donors (Lipinski definition) is 0. The van der Waals surface area contributed by atoms with Gasteiger partial charge in [0.1, 0.15) is 0 Å². The van der Waals surface area contributed by atoms with Crippen molar-refractivity contribution in [2.24, 2.45) is 0 Å². The van der Waals surface area contributed by atoms with Crippen LogP contribution in [0.25, 0.3) is 0 Å². The minimum Gasteiger partial charge on any atom is -0.449 e. The molecular formula is C7H5BF6KN. The van der Waals surface area contributed by atoms with E-state index >= 15 is 0 Å².